The van der Waals surface area contributed by atoms with Crippen molar-refractivity contribution in [2.24, 2.45) is 0 Å². The minimum Gasteiger partial charge on any atom is -0.492 e. The number of halogens is 1. The first-order valence-corrected chi connectivity index (χ1v) is 12.1. The standard InChI is InChI=1S/C29H33FN2O2/c1-23(33)32(19-20-34-28-8-3-2-4-9-28)22-26-7-5-6-10-29(26)25-15-17-31(18-16-25)21-24-11-13-27(30)14-12-24/h2-14,25H,15-22H2,1H3. The van der Waals surface area contributed by atoms with Crippen LogP contribution in [0.5, 0.6) is 5.75 Å². The quantitative estimate of drug-likeness (QED) is 0.415. The third-order valence-electron chi connectivity index (χ3n) is 6.58. The summed E-state index contributed by atoms with van der Waals surface area (Å²) in [6.45, 7) is 6.12. The highest BCUT2D eigenvalue weighted by Crippen LogP contribution is 2.31. The Morgan fingerprint density at radius 3 is 2.35 bits per heavy atom. The van der Waals surface area contributed by atoms with E-state index in [0.717, 1.165) is 43.8 Å². The fourth-order valence-corrected chi connectivity index (χ4v) is 4.67. The van der Waals surface area contributed by atoms with Crippen molar-refractivity contribution < 1.29 is 13.9 Å². The van der Waals surface area contributed by atoms with Crippen LogP contribution in [0.1, 0.15) is 42.4 Å². The number of hydrogen-bond donors (Lipinski definition) is 0. The van der Waals surface area contributed by atoms with E-state index in [1.807, 2.05) is 47.4 Å². The van der Waals surface area contributed by atoms with Crippen LogP contribution in [-0.2, 0) is 17.9 Å². The predicted octanol–water partition coefficient (Wildman–Crippen LogP) is 5.63. The molecular weight excluding hydrogens is 427 g/mol. The molecule has 0 N–H and O–H groups in total. The van der Waals surface area contributed by atoms with Gasteiger partial charge in [-0.2, -0.15) is 0 Å². The van der Waals surface area contributed by atoms with Gasteiger partial charge < -0.3 is 9.64 Å². The SMILES string of the molecule is CC(=O)N(CCOc1ccccc1)Cc1ccccc1C1CCN(Cc2ccc(F)cc2)CC1. The molecule has 1 amide bonds. The maximum absolute atomic E-state index is 13.2. The number of carbonyl (C=O) groups excluding carboxylic acids is 1. The lowest BCUT2D eigenvalue weighted by Gasteiger charge is -2.33. The molecule has 34 heavy (non-hydrogen) atoms. The van der Waals surface area contributed by atoms with Crippen LogP contribution in [0.4, 0.5) is 4.39 Å². The molecule has 0 bridgehead atoms. The Balaban J connectivity index is 1.34. The van der Waals surface area contributed by atoms with Gasteiger partial charge in [0.15, 0.2) is 0 Å². The molecular formula is C29H33FN2O2. The first kappa shape index (κ1) is 24.0. The summed E-state index contributed by atoms with van der Waals surface area (Å²) in [5.41, 5.74) is 3.71. The summed E-state index contributed by atoms with van der Waals surface area (Å²) in [6.07, 6.45) is 2.16. The van der Waals surface area contributed by atoms with E-state index in [1.54, 1.807) is 6.92 Å². The zero-order chi connectivity index (χ0) is 23.8. The molecule has 0 radical (unpaired) electrons. The lowest BCUT2D eigenvalue weighted by Crippen LogP contribution is -2.34. The summed E-state index contributed by atoms with van der Waals surface area (Å²) >= 11 is 0. The van der Waals surface area contributed by atoms with E-state index >= 15 is 0 Å². The Labute approximate surface area is 202 Å². The van der Waals surface area contributed by atoms with Crippen LogP contribution in [0.15, 0.2) is 78.9 Å². The summed E-state index contributed by atoms with van der Waals surface area (Å²) in [4.78, 5) is 16.7. The largest absolute Gasteiger partial charge is 0.492 e. The van der Waals surface area contributed by atoms with Gasteiger partial charge in [0, 0.05) is 20.0 Å². The molecule has 1 heterocycles. The molecule has 3 aromatic carbocycles. The van der Waals surface area contributed by atoms with Crippen molar-refractivity contribution >= 4 is 5.91 Å². The molecule has 5 heteroatoms. The number of ether oxygens (including phenoxy) is 1. The number of benzene rings is 3. The summed E-state index contributed by atoms with van der Waals surface area (Å²) in [6, 6.07) is 25.0. The van der Waals surface area contributed by atoms with E-state index in [9.17, 15) is 9.18 Å². The number of amides is 1. The molecule has 1 aliphatic heterocycles. The number of rotatable bonds is 9. The molecule has 0 unspecified atom stereocenters. The molecule has 0 aliphatic carbocycles. The molecule has 0 saturated carbocycles. The normalized spacial score (nSPS) is 14.6. The van der Waals surface area contributed by atoms with Crippen molar-refractivity contribution in [1.29, 1.82) is 0 Å². The van der Waals surface area contributed by atoms with E-state index in [1.165, 1.54) is 23.3 Å². The number of likely N-dealkylation sites (tertiary alicyclic amines) is 1. The van der Waals surface area contributed by atoms with Crippen molar-refractivity contribution in [3.63, 3.8) is 0 Å². The second-order valence-corrected chi connectivity index (χ2v) is 8.98. The highest BCUT2D eigenvalue weighted by molar-refractivity contribution is 5.73. The molecule has 1 aliphatic rings. The Hall–Kier alpha value is -3.18. The second-order valence-electron chi connectivity index (χ2n) is 8.98. The Kier molecular flexibility index (Phi) is 8.31. The van der Waals surface area contributed by atoms with E-state index < -0.39 is 0 Å². The van der Waals surface area contributed by atoms with Crippen LogP contribution in [-0.4, -0.2) is 41.9 Å². The smallest absolute Gasteiger partial charge is 0.219 e. The van der Waals surface area contributed by atoms with Crippen molar-refractivity contribution in [2.75, 3.05) is 26.2 Å². The van der Waals surface area contributed by atoms with Gasteiger partial charge in [0.25, 0.3) is 0 Å². The fraction of sp³-hybridized carbons (Fsp3) is 0.345. The van der Waals surface area contributed by atoms with E-state index in [4.69, 9.17) is 4.74 Å². The molecule has 1 fully saturated rings. The molecule has 4 rings (SSSR count). The van der Waals surface area contributed by atoms with Crippen molar-refractivity contribution in [1.82, 2.24) is 9.80 Å². The minimum atomic E-state index is -0.190. The van der Waals surface area contributed by atoms with Gasteiger partial charge in [-0.25, -0.2) is 4.39 Å². The second kappa shape index (κ2) is 11.8. The van der Waals surface area contributed by atoms with Crippen LogP contribution in [0.2, 0.25) is 0 Å². The van der Waals surface area contributed by atoms with Crippen LogP contribution in [0, 0.1) is 5.82 Å². The third-order valence-corrected chi connectivity index (χ3v) is 6.58. The molecule has 3 aromatic rings. The topological polar surface area (TPSA) is 32.8 Å². The summed E-state index contributed by atoms with van der Waals surface area (Å²) in [5, 5.41) is 0. The van der Waals surface area contributed by atoms with Crippen LogP contribution in [0.25, 0.3) is 0 Å². The highest BCUT2D eigenvalue weighted by Gasteiger charge is 2.23. The van der Waals surface area contributed by atoms with Crippen molar-refractivity contribution in [2.45, 2.75) is 38.8 Å². The maximum Gasteiger partial charge on any atom is 0.219 e. The van der Waals surface area contributed by atoms with Crippen LogP contribution in [0.3, 0.4) is 0 Å². The van der Waals surface area contributed by atoms with Gasteiger partial charge in [0.1, 0.15) is 18.2 Å². The Morgan fingerprint density at radius 2 is 1.65 bits per heavy atom. The number of para-hydroxylation sites is 1. The van der Waals surface area contributed by atoms with Gasteiger partial charge in [0.05, 0.1) is 6.54 Å². The van der Waals surface area contributed by atoms with Gasteiger partial charge in [0.2, 0.25) is 5.91 Å². The zero-order valence-electron chi connectivity index (χ0n) is 19.8. The predicted molar refractivity (Wildman–Crippen MR) is 133 cm³/mol. The first-order chi connectivity index (χ1) is 16.6. The number of nitrogens with zero attached hydrogens (tertiary/aromatic N) is 2. The van der Waals surface area contributed by atoms with Gasteiger partial charge >= 0.3 is 0 Å². The lowest BCUT2D eigenvalue weighted by molar-refractivity contribution is -0.129. The zero-order valence-corrected chi connectivity index (χ0v) is 19.8. The Morgan fingerprint density at radius 1 is 0.971 bits per heavy atom. The fourth-order valence-electron chi connectivity index (χ4n) is 4.67. The molecule has 0 aromatic heterocycles. The lowest BCUT2D eigenvalue weighted by atomic mass is 9.86. The van der Waals surface area contributed by atoms with Gasteiger partial charge in [-0.05, 0) is 72.8 Å². The molecule has 0 spiro atoms. The number of piperidine rings is 1. The molecule has 0 atom stereocenters. The molecule has 178 valence electrons. The summed E-state index contributed by atoms with van der Waals surface area (Å²) in [7, 11) is 0. The average molecular weight is 461 g/mol. The van der Waals surface area contributed by atoms with Crippen LogP contribution < -0.4 is 4.74 Å². The average Bonchev–Trinajstić information content (AvgIpc) is 2.86. The minimum absolute atomic E-state index is 0.0561. The van der Waals surface area contributed by atoms with Gasteiger partial charge in [-0.15, -0.1) is 0 Å². The number of carbonyl (C=O) groups is 1. The molecule has 4 nitrogen and oxygen atoms in total. The molecule has 1 saturated heterocycles. The maximum atomic E-state index is 13.2. The van der Waals surface area contributed by atoms with Crippen molar-refractivity contribution in [3.8, 4) is 5.75 Å². The summed E-state index contributed by atoms with van der Waals surface area (Å²) < 4.78 is 19.0. The highest BCUT2D eigenvalue weighted by atomic mass is 19.1. The van der Waals surface area contributed by atoms with Crippen molar-refractivity contribution in [3.05, 3.63) is 101 Å². The van der Waals surface area contributed by atoms with E-state index in [2.05, 4.69) is 29.2 Å². The third kappa shape index (κ3) is 6.67. The summed E-state index contributed by atoms with van der Waals surface area (Å²) in [5.74, 6) is 1.17. The van der Waals surface area contributed by atoms with Gasteiger partial charge in [-0.1, -0.05) is 54.6 Å². The van der Waals surface area contributed by atoms with Gasteiger partial charge in [-0.3, -0.25) is 9.69 Å². The first-order valence-electron chi connectivity index (χ1n) is 12.1. The van der Waals surface area contributed by atoms with E-state index in [-0.39, 0.29) is 11.7 Å². The van der Waals surface area contributed by atoms with E-state index in [0.29, 0.717) is 25.6 Å². The Bertz CT molecular complexity index is 1050. The monoisotopic (exact) mass is 460 g/mol. The number of hydrogen-bond acceptors (Lipinski definition) is 3. The van der Waals surface area contributed by atoms with Crippen LogP contribution >= 0.6 is 0 Å².